The van der Waals surface area contributed by atoms with Gasteiger partial charge in [-0.25, -0.2) is 0 Å². The van der Waals surface area contributed by atoms with Crippen LogP contribution in [-0.4, -0.2) is 13.2 Å². The average molecular weight is 386 g/mol. The molecule has 1 aliphatic heterocycles. The van der Waals surface area contributed by atoms with E-state index in [2.05, 4.69) is 76.8 Å². The molecule has 0 N–H and O–H groups in total. The molecule has 0 aromatic heterocycles. The van der Waals surface area contributed by atoms with Gasteiger partial charge in [-0.15, -0.1) is 9.24 Å². The molecule has 1 aliphatic rings. The lowest BCUT2D eigenvalue weighted by Crippen LogP contribution is -2.04. The standard InChI is InChI=1S/C25H23O2P/c1-16-13-22-24(20-9-4-2-7-18(16)20)25-21-10-5-3-8-19(21)17(15-28)14-23(25)27-12-6-11-26-22/h2-5,7-10,13-14H,6,11-12,15,28H2,1H3. The van der Waals surface area contributed by atoms with Gasteiger partial charge in [0.1, 0.15) is 11.5 Å². The van der Waals surface area contributed by atoms with Gasteiger partial charge >= 0.3 is 0 Å². The minimum atomic E-state index is 0.659. The highest BCUT2D eigenvalue weighted by atomic mass is 31.0. The van der Waals surface area contributed by atoms with Crippen LogP contribution in [0.3, 0.4) is 0 Å². The van der Waals surface area contributed by atoms with Gasteiger partial charge in [0.2, 0.25) is 0 Å². The van der Waals surface area contributed by atoms with E-state index in [1.807, 2.05) is 0 Å². The van der Waals surface area contributed by atoms with Crippen molar-refractivity contribution < 1.29 is 9.47 Å². The number of hydrogen-bond acceptors (Lipinski definition) is 2. The van der Waals surface area contributed by atoms with Crippen LogP contribution in [0.1, 0.15) is 17.5 Å². The van der Waals surface area contributed by atoms with Crippen LogP contribution in [0.2, 0.25) is 0 Å². The molecule has 1 atom stereocenters. The van der Waals surface area contributed by atoms with Gasteiger partial charge < -0.3 is 9.47 Å². The van der Waals surface area contributed by atoms with Gasteiger partial charge in [-0.05, 0) is 57.9 Å². The summed E-state index contributed by atoms with van der Waals surface area (Å²) in [4.78, 5) is 0. The molecule has 0 fully saturated rings. The first-order valence-electron chi connectivity index (χ1n) is 9.81. The summed E-state index contributed by atoms with van der Waals surface area (Å²) in [6, 6.07) is 21.6. The van der Waals surface area contributed by atoms with Crippen molar-refractivity contribution >= 4 is 30.8 Å². The number of fused-ring (bicyclic) bond motifs is 7. The second-order valence-electron chi connectivity index (χ2n) is 7.32. The van der Waals surface area contributed by atoms with Crippen molar-refractivity contribution in [1.82, 2.24) is 0 Å². The highest BCUT2D eigenvalue weighted by molar-refractivity contribution is 7.15. The third-order valence-corrected chi connectivity index (χ3v) is 6.02. The predicted octanol–water partition coefficient (Wildman–Crippen LogP) is 6.50. The van der Waals surface area contributed by atoms with Crippen molar-refractivity contribution in [1.29, 1.82) is 0 Å². The van der Waals surface area contributed by atoms with Gasteiger partial charge in [0.05, 0.1) is 13.2 Å². The lowest BCUT2D eigenvalue weighted by atomic mass is 9.89. The van der Waals surface area contributed by atoms with E-state index in [9.17, 15) is 0 Å². The molecular formula is C25H23O2P. The SMILES string of the molecule is Cc1cc2c(c3ccccc13)-c1c(cc(CP)c3ccccc13)OCCCO2. The third kappa shape index (κ3) is 2.75. The second kappa shape index (κ2) is 7.11. The van der Waals surface area contributed by atoms with E-state index < -0.39 is 0 Å². The normalized spacial score (nSPS) is 13.6. The van der Waals surface area contributed by atoms with Gasteiger partial charge in [-0.3, -0.25) is 0 Å². The lowest BCUT2D eigenvalue weighted by molar-refractivity contribution is 0.252. The molecule has 4 aromatic carbocycles. The Balaban J connectivity index is 1.98. The Morgan fingerprint density at radius 2 is 1.29 bits per heavy atom. The fraction of sp³-hybridized carbons (Fsp3) is 0.200. The summed E-state index contributed by atoms with van der Waals surface area (Å²) in [7, 11) is 2.85. The zero-order valence-electron chi connectivity index (χ0n) is 16.0. The van der Waals surface area contributed by atoms with Gasteiger partial charge in [-0.2, -0.15) is 0 Å². The Labute approximate surface area is 167 Å². The Morgan fingerprint density at radius 1 is 0.750 bits per heavy atom. The van der Waals surface area contributed by atoms with Crippen LogP contribution in [0.4, 0.5) is 0 Å². The van der Waals surface area contributed by atoms with Crippen LogP contribution in [0.25, 0.3) is 32.7 Å². The van der Waals surface area contributed by atoms with Crippen molar-refractivity contribution in [3.8, 4) is 22.6 Å². The summed E-state index contributed by atoms with van der Waals surface area (Å²) in [6.45, 7) is 3.48. The van der Waals surface area contributed by atoms with E-state index in [0.717, 1.165) is 35.2 Å². The van der Waals surface area contributed by atoms with Crippen LogP contribution < -0.4 is 9.47 Å². The van der Waals surface area contributed by atoms with Crippen LogP contribution in [0, 0.1) is 6.92 Å². The predicted molar refractivity (Wildman–Crippen MR) is 121 cm³/mol. The fourth-order valence-electron chi connectivity index (χ4n) is 4.28. The summed E-state index contributed by atoms with van der Waals surface area (Å²) in [6.07, 6.45) is 1.77. The van der Waals surface area contributed by atoms with E-state index >= 15 is 0 Å². The molecule has 28 heavy (non-hydrogen) atoms. The molecule has 0 aliphatic carbocycles. The third-order valence-electron chi connectivity index (χ3n) is 5.58. The van der Waals surface area contributed by atoms with E-state index in [-0.39, 0.29) is 0 Å². The molecule has 4 aromatic rings. The molecule has 1 unspecified atom stereocenters. The van der Waals surface area contributed by atoms with Gasteiger partial charge in [0.15, 0.2) is 0 Å². The molecule has 140 valence electrons. The molecule has 2 nitrogen and oxygen atoms in total. The van der Waals surface area contributed by atoms with E-state index in [1.165, 1.54) is 32.7 Å². The maximum Gasteiger partial charge on any atom is 0.128 e. The van der Waals surface area contributed by atoms with Gasteiger partial charge in [-0.1, -0.05) is 48.5 Å². The Hall–Kier alpha value is -2.57. The van der Waals surface area contributed by atoms with Gasteiger partial charge in [0.25, 0.3) is 0 Å². The highest BCUT2D eigenvalue weighted by Crippen LogP contribution is 2.47. The van der Waals surface area contributed by atoms with Crippen molar-refractivity contribution in [3.05, 3.63) is 71.8 Å². The minimum absolute atomic E-state index is 0.659. The fourth-order valence-corrected chi connectivity index (χ4v) is 4.62. The quantitative estimate of drug-likeness (QED) is 0.347. The second-order valence-corrected chi connectivity index (χ2v) is 7.73. The number of hydrogen-bond donors (Lipinski definition) is 0. The van der Waals surface area contributed by atoms with Gasteiger partial charge in [0, 0.05) is 17.5 Å². The first kappa shape index (κ1) is 17.5. The zero-order valence-corrected chi connectivity index (χ0v) is 17.2. The maximum absolute atomic E-state index is 6.31. The van der Waals surface area contributed by atoms with Crippen LogP contribution in [0.15, 0.2) is 60.7 Å². The van der Waals surface area contributed by atoms with Crippen molar-refractivity contribution in [2.45, 2.75) is 19.5 Å². The first-order valence-corrected chi connectivity index (χ1v) is 10.6. The molecule has 0 spiro atoms. The summed E-state index contributed by atoms with van der Waals surface area (Å²) in [5, 5.41) is 4.97. The Morgan fingerprint density at radius 3 is 1.93 bits per heavy atom. The monoisotopic (exact) mass is 386 g/mol. The summed E-state index contributed by atoms with van der Waals surface area (Å²) >= 11 is 0. The molecule has 3 heteroatoms. The molecule has 0 amide bonds. The Kier molecular flexibility index (Phi) is 4.45. The van der Waals surface area contributed by atoms with Crippen LogP contribution in [-0.2, 0) is 6.16 Å². The van der Waals surface area contributed by atoms with Crippen LogP contribution in [0.5, 0.6) is 11.5 Å². The summed E-state index contributed by atoms with van der Waals surface area (Å²) in [5.41, 5.74) is 4.81. The summed E-state index contributed by atoms with van der Waals surface area (Å²) in [5.74, 6) is 1.91. The molecule has 0 radical (unpaired) electrons. The topological polar surface area (TPSA) is 18.5 Å². The molecule has 0 bridgehead atoms. The van der Waals surface area contributed by atoms with E-state index in [1.54, 1.807) is 0 Å². The highest BCUT2D eigenvalue weighted by Gasteiger charge is 2.22. The molecule has 0 saturated carbocycles. The first-order chi connectivity index (χ1) is 13.8. The number of ether oxygens (including phenoxy) is 2. The van der Waals surface area contributed by atoms with Crippen LogP contribution >= 0.6 is 9.24 Å². The molecular weight excluding hydrogens is 363 g/mol. The molecule has 1 heterocycles. The minimum Gasteiger partial charge on any atom is -0.493 e. The zero-order chi connectivity index (χ0) is 19.1. The number of benzene rings is 4. The Bertz CT molecular complexity index is 1200. The maximum atomic E-state index is 6.31. The van der Waals surface area contributed by atoms with Crippen molar-refractivity contribution in [3.63, 3.8) is 0 Å². The van der Waals surface area contributed by atoms with Crippen molar-refractivity contribution in [2.75, 3.05) is 13.2 Å². The number of rotatable bonds is 1. The average Bonchev–Trinajstić information content (AvgIpc) is 2.82. The van der Waals surface area contributed by atoms with Crippen molar-refractivity contribution in [2.24, 2.45) is 0 Å². The van der Waals surface area contributed by atoms with E-state index in [4.69, 9.17) is 9.47 Å². The largest absolute Gasteiger partial charge is 0.493 e. The molecule has 5 rings (SSSR count). The number of aryl methyl sites for hydroxylation is 1. The smallest absolute Gasteiger partial charge is 0.128 e. The van der Waals surface area contributed by atoms with E-state index in [0.29, 0.717) is 13.2 Å². The molecule has 0 saturated heterocycles. The lowest BCUT2D eigenvalue weighted by Gasteiger charge is -2.20. The summed E-state index contributed by atoms with van der Waals surface area (Å²) < 4.78 is 12.6.